The second kappa shape index (κ2) is 5.47. The van der Waals surface area contributed by atoms with Crippen LogP contribution in [-0.4, -0.2) is 16.3 Å². The number of aryl methyl sites for hydroxylation is 2. The molecule has 2 N–H and O–H groups in total. The number of aromatic nitrogens is 2. The van der Waals surface area contributed by atoms with Crippen LogP contribution < -0.4 is 5.73 Å². The molecule has 0 atom stereocenters. The van der Waals surface area contributed by atoms with Crippen LogP contribution in [0.1, 0.15) is 17.5 Å². The van der Waals surface area contributed by atoms with Crippen molar-refractivity contribution in [1.82, 2.24) is 9.78 Å². The molecule has 3 nitrogen and oxygen atoms in total. The number of hydrogen-bond acceptors (Lipinski definition) is 2. The molecule has 0 aliphatic carbocycles. The topological polar surface area (TPSA) is 43.8 Å². The van der Waals surface area contributed by atoms with Crippen LogP contribution in [0.15, 0.2) is 35.1 Å². The van der Waals surface area contributed by atoms with Gasteiger partial charge in [-0.25, -0.2) is 4.68 Å². The maximum atomic E-state index is 5.50. The van der Waals surface area contributed by atoms with Gasteiger partial charge < -0.3 is 5.73 Å². The van der Waals surface area contributed by atoms with Gasteiger partial charge in [0.2, 0.25) is 0 Å². The molecule has 1 aromatic carbocycles. The molecule has 0 aliphatic rings. The van der Waals surface area contributed by atoms with Crippen molar-refractivity contribution in [3.05, 3.63) is 46.2 Å². The van der Waals surface area contributed by atoms with Crippen LogP contribution in [-0.2, 0) is 6.42 Å². The second-order valence-corrected chi connectivity index (χ2v) is 5.03. The van der Waals surface area contributed by atoms with Gasteiger partial charge in [0.05, 0.1) is 11.9 Å². The summed E-state index contributed by atoms with van der Waals surface area (Å²) in [5, 5.41) is 4.39. The average Bonchev–Trinajstić information content (AvgIpc) is 2.75. The first-order valence-electron chi connectivity index (χ1n) is 5.71. The van der Waals surface area contributed by atoms with Gasteiger partial charge in [-0.1, -0.05) is 15.9 Å². The molecule has 1 heterocycles. The van der Waals surface area contributed by atoms with Crippen molar-refractivity contribution in [3.63, 3.8) is 0 Å². The average molecular weight is 294 g/mol. The minimum atomic E-state index is 0.725. The molecule has 90 valence electrons. The molecule has 0 amide bonds. The highest BCUT2D eigenvalue weighted by Gasteiger charge is 2.04. The second-order valence-electron chi connectivity index (χ2n) is 4.12. The largest absolute Gasteiger partial charge is 0.330 e. The first-order chi connectivity index (χ1) is 8.20. The van der Waals surface area contributed by atoms with Gasteiger partial charge in [-0.05, 0) is 55.6 Å². The zero-order valence-electron chi connectivity index (χ0n) is 9.86. The highest BCUT2D eigenvalue weighted by atomic mass is 79.9. The Bertz CT molecular complexity index is 505. The van der Waals surface area contributed by atoms with E-state index in [0.29, 0.717) is 0 Å². The molecule has 4 heteroatoms. The van der Waals surface area contributed by atoms with Crippen molar-refractivity contribution in [2.45, 2.75) is 19.8 Å². The zero-order chi connectivity index (χ0) is 12.3. The lowest BCUT2D eigenvalue weighted by molar-refractivity contribution is 0.830. The van der Waals surface area contributed by atoms with E-state index in [1.54, 1.807) is 0 Å². The number of benzene rings is 1. The van der Waals surface area contributed by atoms with Gasteiger partial charge in [-0.15, -0.1) is 0 Å². The van der Waals surface area contributed by atoms with E-state index in [1.165, 1.54) is 11.1 Å². The van der Waals surface area contributed by atoms with Crippen molar-refractivity contribution < 1.29 is 0 Å². The third kappa shape index (κ3) is 2.96. The van der Waals surface area contributed by atoms with Gasteiger partial charge in [-0.3, -0.25) is 0 Å². The van der Waals surface area contributed by atoms with Gasteiger partial charge in [0.25, 0.3) is 0 Å². The van der Waals surface area contributed by atoms with E-state index in [-0.39, 0.29) is 0 Å². The van der Waals surface area contributed by atoms with E-state index in [2.05, 4.69) is 46.3 Å². The van der Waals surface area contributed by atoms with Crippen molar-refractivity contribution in [2.75, 3.05) is 6.54 Å². The van der Waals surface area contributed by atoms with Crippen LogP contribution in [0.5, 0.6) is 0 Å². The number of halogens is 1. The van der Waals surface area contributed by atoms with Gasteiger partial charge in [0.15, 0.2) is 0 Å². The molecule has 0 bridgehead atoms. The minimum absolute atomic E-state index is 0.725. The maximum Gasteiger partial charge on any atom is 0.0675 e. The summed E-state index contributed by atoms with van der Waals surface area (Å²) in [4.78, 5) is 0. The summed E-state index contributed by atoms with van der Waals surface area (Å²) in [5.41, 5.74) is 9.06. The first-order valence-corrected chi connectivity index (χ1v) is 6.50. The lowest BCUT2D eigenvalue weighted by Gasteiger charge is -2.05. The SMILES string of the molecule is Cc1cc(Br)ccc1-n1cc(CCCN)cn1. The molecule has 0 fully saturated rings. The Morgan fingerprint density at radius 3 is 2.94 bits per heavy atom. The molecule has 17 heavy (non-hydrogen) atoms. The van der Waals surface area contributed by atoms with E-state index in [4.69, 9.17) is 5.73 Å². The number of nitrogens with zero attached hydrogens (tertiary/aromatic N) is 2. The third-order valence-corrected chi connectivity index (χ3v) is 3.20. The Labute approximate surface area is 110 Å². The summed E-state index contributed by atoms with van der Waals surface area (Å²) in [6.07, 6.45) is 5.99. The lowest BCUT2D eigenvalue weighted by atomic mass is 10.2. The highest BCUT2D eigenvalue weighted by molar-refractivity contribution is 9.10. The van der Waals surface area contributed by atoms with Crippen LogP contribution in [0.3, 0.4) is 0 Å². The molecule has 0 radical (unpaired) electrons. The molecule has 1 aromatic heterocycles. The fourth-order valence-corrected chi connectivity index (χ4v) is 2.28. The summed E-state index contributed by atoms with van der Waals surface area (Å²) >= 11 is 3.46. The summed E-state index contributed by atoms with van der Waals surface area (Å²) in [6.45, 7) is 2.81. The predicted molar refractivity (Wildman–Crippen MR) is 73.4 cm³/mol. The molecule has 0 saturated carbocycles. The third-order valence-electron chi connectivity index (χ3n) is 2.71. The first kappa shape index (κ1) is 12.3. The Balaban J connectivity index is 2.24. The zero-order valence-corrected chi connectivity index (χ0v) is 11.4. The Kier molecular flexibility index (Phi) is 3.97. The summed E-state index contributed by atoms with van der Waals surface area (Å²) in [6, 6.07) is 6.19. The Hall–Kier alpha value is -1.13. The molecule has 2 aromatic rings. The summed E-state index contributed by atoms with van der Waals surface area (Å²) in [5.74, 6) is 0. The smallest absolute Gasteiger partial charge is 0.0675 e. The van der Waals surface area contributed by atoms with E-state index >= 15 is 0 Å². The van der Waals surface area contributed by atoms with Gasteiger partial charge >= 0.3 is 0 Å². The molecular weight excluding hydrogens is 278 g/mol. The number of hydrogen-bond donors (Lipinski definition) is 1. The standard InChI is InChI=1S/C13H16BrN3/c1-10-7-12(14)4-5-13(10)17-9-11(8-16-17)3-2-6-15/h4-5,7-9H,2-3,6,15H2,1H3. The maximum absolute atomic E-state index is 5.50. The predicted octanol–water partition coefficient (Wildman–Crippen LogP) is 2.83. The molecule has 0 spiro atoms. The molecule has 2 rings (SSSR count). The fourth-order valence-electron chi connectivity index (χ4n) is 1.80. The lowest BCUT2D eigenvalue weighted by Crippen LogP contribution is -2.00. The summed E-state index contributed by atoms with van der Waals surface area (Å²) in [7, 11) is 0. The Morgan fingerprint density at radius 2 is 2.24 bits per heavy atom. The van der Waals surface area contributed by atoms with Crippen LogP contribution in [0.25, 0.3) is 5.69 Å². The van der Waals surface area contributed by atoms with Crippen LogP contribution >= 0.6 is 15.9 Å². The summed E-state index contributed by atoms with van der Waals surface area (Å²) < 4.78 is 3.02. The minimum Gasteiger partial charge on any atom is -0.330 e. The van der Waals surface area contributed by atoms with E-state index in [1.807, 2.05) is 16.9 Å². The highest BCUT2D eigenvalue weighted by Crippen LogP contribution is 2.19. The van der Waals surface area contributed by atoms with Crippen molar-refractivity contribution in [1.29, 1.82) is 0 Å². The van der Waals surface area contributed by atoms with Crippen molar-refractivity contribution in [2.24, 2.45) is 5.73 Å². The fraction of sp³-hybridized carbons (Fsp3) is 0.308. The van der Waals surface area contributed by atoms with Crippen molar-refractivity contribution >= 4 is 15.9 Å². The van der Waals surface area contributed by atoms with Crippen LogP contribution in [0, 0.1) is 6.92 Å². The number of nitrogens with two attached hydrogens (primary N) is 1. The van der Waals surface area contributed by atoms with Crippen molar-refractivity contribution in [3.8, 4) is 5.69 Å². The number of rotatable bonds is 4. The molecular formula is C13H16BrN3. The molecule has 0 unspecified atom stereocenters. The van der Waals surface area contributed by atoms with Crippen LogP contribution in [0.4, 0.5) is 0 Å². The molecule has 0 aliphatic heterocycles. The van der Waals surface area contributed by atoms with Crippen LogP contribution in [0.2, 0.25) is 0 Å². The Morgan fingerprint density at radius 1 is 1.41 bits per heavy atom. The quantitative estimate of drug-likeness (QED) is 0.942. The van der Waals surface area contributed by atoms with Gasteiger partial charge in [0, 0.05) is 10.7 Å². The van der Waals surface area contributed by atoms with E-state index < -0.39 is 0 Å². The monoisotopic (exact) mass is 293 g/mol. The van der Waals surface area contributed by atoms with E-state index in [9.17, 15) is 0 Å². The normalized spacial score (nSPS) is 10.8. The van der Waals surface area contributed by atoms with Gasteiger partial charge in [0.1, 0.15) is 0 Å². The molecule has 0 saturated heterocycles. The van der Waals surface area contributed by atoms with E-state index in [0.717, 1.165) is 29.5 Å². The van der Waals surface area contributed by atoms with Gasteiger partial charge in [-0.2, -0.15) is 5.10 Å².